The average molecular weight is 419 g/mol. The van der Waals surface area contributed by atoms with Crippen LogP contribution in [0.25, 0.3) is 27.8 Å². The first-order valence-corrected chi connectivity index (χ1v) is 8.19. The maximum absolute atomic E-state index is 10.9. The number of non-ortho nitro benzene ring substituents is 1. The van der Waals surface area contributed by atoms with Crippen LogP contribution in [0.3, 0.4) is 0 Å². The minimum atomic E-state index is -5.08. The smallest absolute Gasteiger partial charge is 0.475 e. The lowest BCUT2D eigenvalue weighted by Gasteiger charge is -2.02. The molecule has 0 radical (unpaired) electrons. The van der Waals surface area contributed by atoms with Gasteiger partial charge < -0.3 is 10.1 Å². The Morgan fingerprint density at radius 2 is 1.93 bits per heavy atom. The number of carboxylic acid groups (broad SMARTS) is 1. The van der Waals surface area contributed by atoms with E-state index in [1.807, 2.05) is 30.6 Å². The fraction of sp³-hybridized carbons (Fsp3) is 0.0556. The Morgan fingerprint density at radius 3 is 2.60 bits per heavy atom. The Bertz CT molecular complexity index is 1220. The molecule has 12 heteroatoms. The van der Waals surface area contributed by atoms with Gasteiger partial charge in [0.05, 0.1) is 16.8 Å². The molecule has 2 N–H and O–H groups in total. The van der Waals surface area contributed by atoms with Crippen molar-refractivity contribution in [3.63, 3.8) is 0 Å². The van der Waals surface area contributed by atoms with Crippen LogP contribution >= 0.6 is 0 Å². The number of aromatic nitrogens is 4. The van der Waals surface area contributed by atoms with Gasteiger partial charge in [-0.3, -0.25) is 10.1 Å². The van der Waals surface area contributed by atoms with E-state index >= 15 is 0 Å². The predicted octanol–water partition coefficient (Wildman–Crippen LogP) is 3.96. The van der Waals surface area contributed by atoms with Gasteiger partial charge in [-0.05, 0) is 17.7 Å². The van der Waals surface area contributed by atoms with E-state index in [0.29, 0.717) is 0 Å². The summed E-state index contributed by atoms with van der Waals surface area (Å²) in [7, 11) is 0. The molecule has 0 saturated carbocycles. The van der Waals surface area contributed by atoms with Gasteiger partial charge in [-0.1, -0.05) is 12.1 Å². The van der Waals surface area contributed by atoms with Crippen molar-refractivity contribution in [2.75, 3.05) is 0 Å². The van der Waals surface area contributed by atoms with Crippen molar-refractivity contribution in [3.8, 4) is 16.8 Å². The lowest BCUT2D eigenvalue weighted by molar-refractivity contribution is -0.384. The number of nitro benzene ring substituents is 1. The highest BCUT2D eigenvalue weighted by Crippen LogP contribution is 2.26. The summed E-state index contributed by atoms with van der Waals surface area (Å²) in [4.78, 5) is 26.7. The second-order valence-electron chi connectivity index (χ2n) is 5.85. The summed E-state index contributed by atoms with van der Waals surface area (Å²) in [5, 5.41) is 23.4. The van der Waals surface area contributed by atoms with Gasteiger partial charge in [0.1, 0.15) is 5.65 Å². The summed E-state index contributed by atoms with van der Waals surface area (Å²) in [6.07, 6.45) is 1.99. The minimum absolute atomic E-state index is 0.0622. The number of fused-ring (bicyclic) bond motifs is 1. The zero-order chi connectivity index (χ0) is 21.9. The number of halogens is 3. The maximum Gasteiger partial charge on any atom is 0.490 e. The molecular weight excluding hydrogens is 407 g/mol. The molecule has 30 heavy (non-hydrogen) atoms. The molecule has 0 fully saturated rings. The molecule has 0 amide bonds. The average Bonchev–Trinajstić information content (AvgIpc) is 3.37. The number of benzene rings is 1. The number of aliphatic carboxylic acids is 1. The molecule has 0 bridgehead atoms. The van der Waals surface area contributed by atoms with E-state index in [-0.39, 0.29) is 5.69 Å². The summed E-state index contributed by atoms with van der Waals surface area (Å²) in [5.74, 6) is -2.76. The molecule has 0 aliphatic carbocycles. The van der Waals surface area contributed by atoms with E-state index in [2.05, 4.69) is 15.1 Å². The van der Waals surface area contributed by atoms with Crippen LogP contribution in [0.2, 0.25) is 0 Å². The van der Waals surface area contributed by atoms with Crippen molar-refractivity contribution in [2.45, 2.75) is 6.18 Å². The standard InChI is InChI=1S/C16H11N5O2.C2HF3O2/c22-21(23)13-3-1-2-11(8-13)12-9-19-20(10-12)15-5-7-18-16-14(15)4-6-17-16;3-2(4,5)1(6)7/h1-10H,(H,17,18);(H,6,7). The van der Waals surface area contributed by atoms with Crippen LogP contribution in [0.15, 0.2) is 61.2 Å². The zero-order valence-electron chi connectivity index (χ0n) is 14.9. The molecule has 4 rings (SSSR count). The monoisotopic (exact) mass is 419 g/mol. The number of pyridine rings is 1. The van der Waals surface area contributed by atoms with Crippen LogP contribution in [-0.2, 0) is 4.79 Å². The molecule has 4 aromatic rings. The number of carboxylic acids is 1. The third-order valence-corrected chi connectivity index (χ3v) is 3.90. The molecule has 0 atom stereocenters. The number of nitrogens with one attached hydrogen (secondary N) is 1. The quantitative estimate of drug-likeness (QED) is 0.382. The second-order valence-corrected chi connectivity index (χ2v) is 5.85. The molecule has 0 aliphatic heterocycles. The second kappa shape index (κ2) is 8.03. The highest BCUT2D eigenvalue weighted by Gasteiger charge is 2.38. The third-order valence-electron chi connectivity index (χ3n) is 3.90. The van der Waals surface area contributed by atoms with E-state index in [1.54, 1.807) is 29.2 Å². The van der Waals surface area contributed by atoms with Crippen LogP contribution in [0.5, 0.6) is 0 Å². The Kier molecular flexibility index (Phi) is 5.49. The van der Waals surface area contributed by atoms with Gasteiger partial charge >= 0.3 is 12.1 Å². The lowest BCUT2D eigenvalue weighted by Crippen LogP contribution is -2.21. The number of H-pyrrole nitrogens is 1. The van der Waals surface area contributed by atoms with Crippen molar-refractivity contribution in [3.05, 3.63) is 71.3 Å². The van der Waals surface area contributed by atoms with Crippen molar-refractivity contribution in [2.24, 2.45) is 0 Å². The third kappa shape index (κ3) is 4.43. The summed E-state index contributed by atoms with van der Waals surface area (Å²) in [6, 6.07) is 10.3. The number of nitro groups is 1. The van der Waals surface area contributed by atoms with Crippen molar-refractivity contribution >= 4 is 22.7 Å². The number of rotatable bonds is 3. The SMILES string of the molecule is O=C(O)C(F)(F)F.O=[N+]([O-])c1cccc(-c2cnn(-c3ccnc4[nH]ccc34)c2)c1. The molecular formula is C18H12F3N5O4. The zero-order valence-corrected chi connectivity index (χ0v) is 14.9. The summed E-state index contributed by atoms with van der Waals surface area (Å²) in [5.41, 5.74) is 3.31. The van der Waals surface area contributed by atoms with Crippen LogP contribution in [0.1, 0.15) is 0 Å². The fourth-order valence-corrected chi connectivity index (χ4v) is 2.55. The van der Waals surface area contributed by atoms with Gasteiger partial charge in [0.25, 0.3) is 5.69 Å². The number of alkyl halides is 3. The molecule has 0 unspecified atom stereocenters. The largest absolute Gasteiger partial charge is 0.490 e. The summed E-state index contributed by atoms with van der Waals surface area (Å²) in [6.45, 7) is 0. The Hall–Kier alpha value is -4.22. The van der Waals surface area contributed by atoms with Crippen molar-refractivity contribution in [1.29, 1.82) is 0 Å². The summed E-state index contributed by atoms with van der Waals surface area (Å²) < 4.78 is 33.5. The lowest BCUT2D eigenvalue weighted by atomic mass is 10.1. The molecule has 0 saturated heterocycles. The van der Waals surface area contributed by atoms with Crippen LogP contribution in [0.4, 0.5) is 18.9 Å². The molecule has 154 valence electrons. The normalized spacial score (nSPS) is 11.0. The van der Waals surface area contributed by atoms with Crippen LogP contribution in [-0.4, -0.2) is 41.9 Å². The summed E-state index contributed by atoms with van der Waals surface area (Å²) >= 11 is 0. The molecule has 0 spiro atoms. The van der Waals surface area contributed by atoms with Gasteiger partial charge in [-0.25, -0.2) is 14.5 Å². The number of aromatic amines is 1. The Labute approximate surface area is 165 Å². The fourth-order valence-electron chi connectivity index (χ4n) is 2.55. The molecule has 3 heterocycles. The Morgan fingerprint density at radius 1 is 1.20 bits per heavy atom. The van der Waals surface area contributed by atoms with Crippen LogP contribution in [0, 0.1) is 10.1 Å². The van der Waals surface area contributed by atoms with Crippen LogP contribution < -0.4 is 0 Å². The Balaban J connectivity index is 0.000000318. The van der Waals surface area contributed by atoms with Gasteiger partial charge in [0.15, 0.2) is 0 Å². The number of hydrogen-bond donors (Lipinski definition) is 2. The number of nitrogens with zero attached hydrogens (tertiary/aromatic N) is 4. The number of carbonyl (C=O) groups is 1. The van der Waals surface area contributed by atoms with E-state index < -0.39 is 17.1 Å². The van der Waals surface area contributed by atoms with Crippen molar-refractivity contribution < 1.29 is 28.0 Å². The molecule has 1 aromatic carbocycles. The minimum Gasteiger partial charge on any atom is -0.475 e. The van der Waals surface area contributed by atoms with E-state index in [1.165, 1.54) is 6.07 Å². The van der Waals surface area contributed by atoms with Gasteiger partial charge in [-0.2, -0.15) is 18.3 Å². The van der Waals surface area contributed by atoms with Gasteiger partial charge in [-0.15, -0.1) is 0 Å². The molecule has 3 aromatic heterocycles. The van der Waals surface area contributed by atoms with E-state index in [9.17, 15) is 23.3 Å². The molecule has 9 nitrogen and oxygen atoms in total. The van der Waals surface area contributed by atoms with E-state index in [0.717, 1.165) is 27.8 Å². The highest BCUT2D eigenvalue weighted by molar-refractivity contribution is 5.84. The van der Waals surface area contributed by atoms with E-state index in [4.69, 9.17) is 9.90 Å². The maximum atomic E-state index is 10.9. The first-order valence-electron chi connectivity index (χ1n) is 8.19. The first-order chi connectivity index (χ1) is 14.2. The first kappa shape index (κ1) is 20.5. The topological polar surface area (TPSA) is 127 Å². The number of hydrogen-bond acceptors (Lipinski definition) is 5. The molecule has 0 aliphatic rings. The highest BCUT2D eigenvalue weighted by atomic mass is 19.4. The predicted molar refractivity (Wildman–Crippen MR) is 99.0 cm³/mol. The van der Waals surface area contributed by atoms with Crippen molar-refractivity contribution in [1.82, 2.24) is 19.7 Å². The van der Waals surface area contributed by atoms with Gasteiger partial charge in [0, 0.05) is 41.7 Å². The van der Waals surface area contributed by atoms with Gasteiger partial charge in [0.2, 0.25) is 0 Å².